The molecule has 0 amide bonds. The van der Waals surface area contributed by atoms with Crippen molar-refractivity contribution in [2.24, 2.45) is 0 Å². The molecule has 0 N–H and O–H groups in total. The van der Waals surface area contributed by atoms with E-state index in [1.165, 1.54) is 0 Å². The first-order valence-corrected chi connectivity index (χ1v) is 5.86. The smallest absolute Gasteiger partial charge is 0.234 e. The van der Waals surface area contributed by atoms with Gasteiger partial charge < -0.3 is 0 Å². The van der Waals surface area contributed by atoms with Gasteiger partial charge in [-0.05, 0) is 0 Å². The third kappa shape index (κ3) is 9.89. The Labute approximate surface area is 93.8 Å². The van der Waals surface area contributed by atoms with Gasteiger partial charge in [0.25, 0.3) is 0 Å². The fourth-order valence-corrected chi connectivity index (χ4v) is 0. The van der Waals surface area contributed by atoms with Gasteiger partial charge in [0.1, 0.15) is 0 Å². The third-order valence-electron chi connectivity index (χ3n) is 0.309. The maximum absolute atomic E-state index is 5.37. The molecule has 0 fully saturated rings. The molecule has 0 aliphatic heterocycles. The second kappa shape index (κ2) is 7.75. The standard InChI is InChI=1S/C2H5.Al.2ClH.K/c1-2;;;;/h1H2,2H3;;2*1H;/q;+2;;;/p-2. The first-order valence-electron chi connectivity index (χ1n) is 1.55. The summed E-state index contributed by atoms with van der Waals surface area (Å²) in [5, 5.41) is 0.975. The predicted octanol–water partition coefficient (Wildman–Crippen LogP) is 1.59. The van der Waals surface area contributed by atoms with Crippen LogP contribution in [0.2, 0.25) is 5.28 Å². The van der Waals surface area contributed by atoms with Gasteiger partial charge in [-0.15, -0.1) is 0 Å². The second-order valence-electron chi connectivity index (χ2n) is 0.799. The molecule has 0 saturated heterocycles. The van der Waals surface area contributed by atoms with Gasteiger partial charge in [-0.2, -0.15) is 0 Å². The van der Waals surface area contributed by atoms with E-state index in [-0.39, 0.29) is 51.4 Å². The van der Waals surface area contributed by atoms with E-state index in [1.54, 1.807) is 0 Å². The largest absolute Gasteiger partial charge is 0.519 e. The van der Waals surface area contributed by atoms with Crippen LogP contribution in [0.5, 0.6) is 0 Å². The van der Waals surface area contributed by atoms with Crippen LogP contribution in [-0.4, -0.2) is 63.7 Å². The van der Waals surface area contributed by atoms with Crippen molar-refractivity contribution in [1.82, 2.24) is 0 Å². The first kappa shape index (κ1) is 11.5. The van der Waals surface area contributed by atoms with E-state index < -0.39 is 12.3 Å². The minimum absolute atomic E-state index is 0. The first-order chi connectivity index (χ1) is 2.27. The fraction of sp³-hybridized carbons (Fsp3) is 1.00. The van der Waals surface area contributed by atoms with E-state index in [0.717, 1.165) is 5.28 Å². The molecule has 31 valence electrons. The zero-order chi connectivity index (χ0) is 4.28. The summed E-state index contributed by atoms with van der Waals surface area (Å²) in [4.78, 5) is 0. The monoisotopic (exact) mass is 165 g/mol. The Balaban J connectivity index is 0. The summed E-state index contributed by atoms with van der Waals surface area (Å²) in [6.45, 7) is 2.00. The molecule has 0 aromatic rings. The maximum atomic E-state index is 5.37. The summed E-state index contributed by atoms with van der Waals surface area (Å²) >= 11 is -1.21. The molecule has 1 radical (unpaired) electrons. The Morgan fingerprint density at radius 1 is 1.50 bits per heavy atom. The van der Waals surface area contributed by atoms with E-state index in [1.807, 2.05) is 6.92 Å². The van der Waals surface area contributed by atoms with Gasteiger partial charge in [0.2, 0.25) is 0 Å². The van der Waals surface area contributed by atoms with Crippen LogP contribution in [-0.2, 0) is 0 Å². The second-order valence-corrected chi connectivity index (χ2v) is 6.23. The van der Waals surface area contributed by atoms with E-state index in [0.29, 0.717) is 0 Å². The van der Waals surface area contributed by atoms with Gasteiger partial charge in [0.15, 0.2) is 0 Å². The van der Waals surface area contributed by atoms with Gasteiger partial charge in [0.05, 0.1) is 0 Å². The molecule has 0 aromatic carbocycles. The molecule has 0 atom stereocenters. The van der Waals surface area contributed by atoms with Crippen molar-refractivity contribution in [1.29, 1.82) is 0 Å². The Kier molecular flexibility index (Phi) is 14.9. The minimum Gasteiger partial charge on any atom is -0.234 e. The van der Waals surface area contributed by atoms with Crippen molar-refractivity contribution >= 4 is 83.8 Å². The average Bonchev–Trinajstić information content (AvgIpc) is 1.38. The molecule has 0 rings (SSSR count). The summed E-state index contributed by atoms with van der Waals surface area (Å²) in [5.74, 6) is 0. The predicted molar refractivity (Wildman–Crippen MR) is 33.7 cm³/mol. The maximum Gasteiger partial charge on any atom is 0.519 e. The molecule has 0 unspecified atom stereocenters. The van der Waals surface area contributed by atoms with Gasteiger partial charge >= 0.3 is 12.3 Å². The van der Waals surface area contributed by atoms with Crippen LogP contribution >= 0.6 is 20.1 Å². The molecule has 4 heteroatoms. The van der Waals surface area contributed by atoms with Gasteiger partial charge in [-0.25, -0.2) is 20.1 Å². The van der Waals surface area contributed by atoms with Crippen LogP contribution in [0.3, 0.4) is 0 Å². The quantitative estimate of drug-likeness (QED) is 0.519. The molecule has 0 aliphatic rings. The summed E-state index contributed by atoms with van der Waals surface area (Å²) in [6.07, 6.45) is 0. The SMILES string of the molecule is C[CH2][Al]([Cl])[Cl].[K]. The zero-order valence-electron chi connectivity index (χ0n) is 4.04. The van der Waals surface area contributed by atoms with Gasteiger partial charge in [-0.1, -0.05) is 12.2 Å². The van der Waals surface area contributed by atoms with Crippen LogP contribution in [0.4, 0.5) is 0 Å². The van der Waals surface area contributed by atoms with Crippen LogP contribution < -0.4 is 0 Å². The normalized spacial score (nSPS) is 6.50. The zero-order valence-corrected chi connectivity index (χ0v) is 9.83. The number of hydrogen-bond acceptors (Lipinski definition) is 0. The van der Waals surface area contributed by atoms with Crippen molar-refractivity contribution < 1.29 is 0 Å². The summed E-state index contributed by atoms with van der Waals surface area (Å²) in [6, 6.07) is 0. The Bertz CT molecular complexity index is 25.5. The van der Waals surface area contributed by atoms with E-state index >= 15 is 0 Å². The van der Waals surface area contributed by atoms with Crippen molar-refractivity contribution in [3.63, 3.8) is 0 Å². The molecule has 0 saturated carbocycles. The Morgan fingerprint density at radius 3 is 1.67 bits per heavy atom. The molecule has 0 aliphatic carbocycles. The van der Waals surface area contributed by atoms with Gasteiger partial charge in [-0.3, -0.25) is 0 Å². The molecule has 0 bridgehead atoms. The number of rotatable bonds is 1. The van der Waals surface area contributed by atoms with Crippen molar-refractivity contribution in [3.8, 4) is 0 Å². The van der Waals surface area contributed by atoms with Crippen molar-refractivity contribution in [3.05, 3.63) is 0 Å². The third-order valence-corrected chi connectivity index (χ3v) is 2.78. The molecule has 0 heterocycles. The molecular formula is C2H5AlCl2K. The molecular weight excluding hydrogens is 161 g/mol. The molecule has 6 heavy (non-hydrogen) atoms. The minimum atomic E-state index is -1.21. The number of hydrogen-bond donors (Lipinski definition) is 0. The summed E-state index contributed by atoms with van der Waals surface area (Å²) in [7, 11) is 10.7. The van der Waals surface area contributed by atoms with Crippen LogP contribution in [0.15, 0.2) is 0 Å². The van der Waals surface area contributed by atoms with Gasteiger partial charge in [0, 0.05) is 51.4 Å². The van der Waals surface area contributed by atoms with E-state index in [2.05, 4.69) is 0 Å². The Morgan fingerprint density at radius 2 is 1.67 bits per heavy atom. The van der Waals surface area contributed by atoms with Crippen LogP contribution in [0, 0.1) is 0 Å². The van der Waals surface area contributed by atoms with E-state index in [4.69, 9.17) is 20.1 Å². The summed E-state index contributed by atoms with van der Waals surface area (Å²) < 4.78 is 0. The average molecular weight is 166 g/mol. The van der Waals surface area contributed by atoms with Crippen molar-refractivity contribution in [2.75, 3.05) is 0 Å². The van der Waals surface area contributed by atoms with Crippen LogP contribution in [0.1, 0.15) is 6.92 Å². The Hall–Kier alpha value is 2.75. The fourth-order valence-electron chi connectivity index (χ4n) is 0. The molecule has 0 nitrogen and oxygen atoms in total. The van der Waals surface area contributed by atoms with Crippen molar-refractivity contribution in [2.45, 2.75) is 12.2 Å². The summed E-state index contributed by atoms with van der Waals surface area (Å²) in [5.41, 5.74) is 0. The van der Waals surface area contributed by atoms with E-state index in [9.17, 15) is 0 Å². The number of halogens is 2. The molecule has 0 aromatic heterocycles. The van der Waals surface area contributed by atoms with Crippen LogP contribution in [0.25, 0.3) is 0 Å². The topological polar surface area (TPSA) is 0 Å². The molecule has 0 spiro atoms.